The van der Waals surface area contributed by atoms with Gasteiger partial charge in [-0.05, 0) is 20.8 Å². The molecule has 3 rings (SSSR count). The van der Waals surface area contributed by atoms with E-state index >= 15 is 0 Å². The van der Waals surface area contributed by atoms with Gasteiger partial charge in [-0.1, -0.05) is 36.3 Å². The summed E-state index contributed by atoms with van der Waals surface area (Å²) in [4.78, 5) is 16.7. The van der Waals surface area contributed by atoms with Crippen molar-refractivity contribution in [1.82, 2.24) is 14.6 Å². The predicted molar refractivity (Wildman–Crippen MR) is 96.2 cm³/mol. The summed E-state index contributed by atoms with van der Waals surface area (Å²) in [6.45, 7) is 5.40. The second-order valence-electron chi connectivity index (χ2n) is 6.46. The number of nitrogens with zero attached hydrogens (tertiary/aromatic N) is 3. The van der Waals surface area contributed by atoms with E-state index in [2.05, 4.69) is 21.3 Å². The van der Waals surface area contributed by atoms with Crippen LogP contribution < -0.4 is 5.32 Å². The zero-order chi connectivity index (χ0) is 18.0. The molecule has 2 heterocycles. The molecule has 0 aliphatic heterocycles. The van der Waals surface area contributed by atoms with E-state index in [1.165, 1.54) is 10.7 Å². The molecular weight excluding hydrogens is 316 g/mol. The minimum Gasteiger partial charge on any atom is -0.444 e. The maximum absolute atomic E-state index is 12.2. The van der Waals surface area contributed by atoms with E-state index in [-0.39, 0.29) is 0 Å². The lowest BCUT2D eigenvalue weighted by Crippen LogP contribution is -2.28. The predicted octanol–water partition coefficient (Wildman–Crippen LogP) is 3.72. The van der Waals surface area contributed by atoms with Gasteiger partial charge in [0.15, 0.2) is 5.65 Å². The lowest BCUT2D eigenvalue weighted by atomic mass is 10.1. The molecule has 3 aromatic rings. The van der Waals surface area contributed by atoms with E-state index in [9.17, 15) is 4.79 Å². The molecule has 0 spiro atoms. The fourth-order valence-corrected chi connectivity index (χ4v) is 2.32. The first-order chi connectivity index (χ1) is 11.9. The van der Waals surface area contributed by atoms with Crippen molar-refractivity contribution >= 4 is 17.6 Å². The second-order valence-corrected chi connectivity index (χ2v) is 6.46. The van der Waals surface area contributed by atoms with Gasteiger partial charge in [0.05, 0.1) is 17.5 Å². The van der Waals surface area contributed by atoms with Gasteiger partial charge in [-0.25, -0.2) is 9.78 Å². The van der Waals surface area contributed by atoms with Gasteiger partial charge in [0, 0.05) is 11.6 Å². The Balaban J connectivity index is 2.09. The summed E-state index contributed by atoms with van der Waals surface area (Å²) in [5.74, 6) is 2.99. The number of rotatable bonds is 2. The molecule has 0 fully saturated rings. The van der Waals surface area contributed by atoms with E-state index in [1.807, 2.05) is 30.3 Å². The number of amides is 1. The zero-order valence-electron chi connectivity index (χ0n) is 14.3. The van der Waals surface area contributed by atoms with Gasteiger partial charge >= 0.3 is 6.09 Å². The molecule has 0 radical (unpaired) electrons. The Morgan fingerprint density at radius 2 is 2.00 bits per heavy atom. The van der Waals surface area contributed by atoms with Crippen LogP contribution in [0.4, 0.5) is 10.6 Å². The molecule has 25 heavy (non-hydrogen) atoms. The summed E-state index contributed by atoms with van der Waals surface area (Å²) in [5, 5.41) is 6.93. The molecule has 0 saturated carbocycles. The van der Waals surface area contributed by atoms with Crippen molar-refractivity contribution in [3.8, 4) is 23.6 Å². The minimum absolute atomic E-state index is 0.430. The van der Waals surface area contributed by atoms with Crippen molar-refractivity contribution in [2.45, 2.75) is 26.4 Å². The first kappa shape index (κ1) is 16.5. The van der Waals surface area contributed by atoms with Crippen LogP contribution in [0.1, 0.15) is 26.3 Å². The molecule has 126 valence electrons. The maximum Gasteiger partial charge on any atom is 0.413 e. The average Bonchev–Trinajstić information content (AvgIpc) is 2.97. The normalized spacial score (nSPS) is 11.1. The number of carbonyl (C=O) groups excluding carboxylic acids is 1. The van der Waals surface area contributed by atoms with Crippen LogP contribution in [-0.4, -0.2) is 26.3 Å². The van der Waals surface area contributed by atoms with Crippen molar-refractivity contribution in [2.24, 2.45) is 0 Å². The van der Waals surface area contributed by atoms with Crippen LogP contribution in [0.2, 0.25) is 0 Å². The first-order valence-corrected chi connectivity index (χ1v) is 7.78. The van der Waals surface area contributed by atoms with Crippen LogP contribution in [0.5, 0.6) is 0 Å². The number of carbonyl (C=O) groups is 1. The Morgan fingerprint density at radius 3 is 2.64 bits per heavy atom. The molecule has 1 aromatic carbocycles. The number of anilines is 1. The molecule has 0 atom stereocenters. The van der Waals surface area contributed by atoms with E-state index < -0.39 is 11.7 Å². The van der Waals surface area contributed by atoms with Crippen LogP contribution in [0, 0.1) is 12.3 Å². The number of terminal acetylenes is 1. The van der Waals surface area contributed by atoms with Crippen LogP contribution >= 0.6 is 0 Å². The highest BCUT2D eigenvalue weighted by Gasteiger charge is 2.19. The fraction of sp³-hybridized carbons (Fsp3) is 0.211. The van der Waals surface area contributed by atoms with E-state index in [1.54, 1.807) is 26.8 Å². The number of nitrogens with one attached hydrogen (secondary N) is 1. The zero-order valence-corrected chi connectivity index (χ0v) is 14.3. The Hall–Kier alpha value is -3.33. The summed E-state index contributed by atoms with van der Waals surface area (Å²) < 4.78 is 6.81. The highest BCUT2D eigenvalue weighted by molar-refractivity contribution is 5.85. The number of hydrogen-bond acceptors (Lipinski definition) is 4. The SMILES string of the molecule is C#Cc1cnn2c(NC(=O)OC(C)(C)C)cc(-c3ccccc3)nc12. The second kappa shape index (κ2) is 6.29. The van der Waals surface area contributed by atoms with E-state index in [4.69, 9.17) is 11.2 Å². The summed E-state index contributed by atoms with van der Waals surface area (Å²) in [6.07, 6.45) is 6.49. The van der Waals surface area contributed by atoms with Crippen LogP contribution in [0.3, 0.4) is 0 Å². The van der Waals surface area contributed by atoms with Gasteiger partial charge in [-0.3, -0.25) is 5.32 Å². The minimum atomic E-state index is -0.605. The summed E-state index contributed by atoms with van der Waals surface area (Å²) >= 11 is 0. The topological polar surface area (TPSA) is 68.5 Å². The molecule has 2 aromatic heterocycles. The number of ether oxygens (including phenoxy) is 1. The molecule has 0 bridgehead atoms. The van der Waals surface area contributed by atoms with Crippen molar-refractivity contribution < 1.29 is 9.53 Å². The highest BCUT2D eigenvalue weighted by atomic mass is 16.6. The van der Waals surface area contributed by atoms with Gasteiger partial charge in [0.25, 0.3) is 0 Å². The standard InChI is InChI=1S/C19H18N4O2/c1-5-13-12-20-23-16(22-18(24)25-19(2,3)4)11-15(21-17(13)23)14-9-7-6-8-10-14/h1,6-12H,2-4H3,(H,22,24). The molecular formula is C19H18N4O2. The quantitative estimate of drug-likeness (QED) is 0.725. The Morgan fingerprint density at radius 1 is 1.28 bits per heavy atom. The number of fused-ring (bicyclic) bond motifs is 1. The Labute approximate surface area is 145 Å². The Kier molecular flexibility index (Phi) is 4.15. The number of benzene rings is 1. The molecule has 6 nitrogen and oxygen atoms in total. The van der Waals surface area contributed by atoms with Crippen molar-refractivity contribution in [1.29, 1.82) is 0 Å². The van der Waals surface area contributed by atoms with Crippen LogP contribution in [0.15, 0.2) is 42.6 Å². The lowest BCUT2D eigenvalue weighted by molar-refractivity contribution is 0.0635. The molecule has 0 aliphatic rings. The number of hydrogen-bond donors (Lipinski definition) is 1. The van der Waals surface area contributed by atoms with Crippen LogP contribution in [0.25, 0.3) is 16.9 Å². The van der Waals surface area contributed by atoms with Gasteiger partial charge in [-0.15, -0.1) is 6.42 Å². The average molecular weight is 334 g/mol. The van der Waals surface area contributed by atoms with Gasteiger partial charge in [0.2, 0.25) is 0 Å². The molecule has 1 N–H and O–H groups in total. The Bertz CT molecular complexity index is 963. The first-order valence-electron chi connectivity index (χ1n) is 7.78. The lowest BCUT2D eigenvalue weighted by Gasteiger charge is -2.20. The maximum atomic E-state index is 12.2. The monoisotopic (exact) mass is 334 g/mol. The third kappa shape index (κ3) is 3.61. The number of aromatic nitrogens is 3. The van der Waals surface area contributed by atoms with Gasteiger partial charge in [-0.2, -0.15) is 9.61 Å². The van der Waals surface area contributed by atoms with Gasteiger partial charge in [0.1, 0.15) is 11.4 Å². The summed E-state index contributed by atoms with van der Waals surface area (Å²) in [5.41, 5.74) is 2.02. The van der Waals surface area contributed by atoms with E-state index in [0.717, 1.165) is 5.56 Å². The molecule has 0 saturated heterocycles. The van der Waals surface area contributed by atoms with Crippen molar-refractivity contribution in [3.63, 3.8) is 0 Å². The van der Waals surface area contributed by atoms with Crippen molar-refractivity contribution in [2.75, 3.05) is 5.32 Å². The van der Waals surface area contributed by atoms with Crippen LogP contribution in [-0.2, 0) is 4.74 Å². The molecule has 6 heteroatoms. The summed E-state index contributed by atoms with van der Waals surface area (Å²) in [7, 11) is 0. The van der Waals surface area contributed by atoms with Crippen molar-refractivity contribution in [3.05, 3.63) is 48.2 Å². The fourth-order valence-electron chi connectivity index (χ4n) is 2.32. The summed E-state index contributed by atoms with van der Waals surface area (Å²) in [6, 6.07) is 11.4. The third-order valence-electron chi connectivity index (χ3n) is 3.33. The largest absolute Gasteiger partial charge is 0.444 e. The third-order valence-corrected chi connectivity index (χ3v) is 3.33. The van der Waals surface area contributed by atoms with E-state index in [0.29, 0.717) is 22.7 Å². The molecule has 0 unspecified atom stereocenters. The molecule has 1 amide bonds. The highest BCUT2D eigenvalue weighted by Crippen LogP contribution is 2.24. The smallest absolute Gasteiger partial charge is 0.413 e. The molecule has 0 aliphatic carbocycles. The van der Waals surface area contributed by atoms with Gasteiger partial charge < -0.3 is 4.74 Å².